The van der Waals surface area contributed by atoms with E-state index in [4.69, 9.17) is 4.52 Å². The maximum absolute atomic E-state index is 4.96. The van der Waals surface area contributed by atoms with Crippen molar-refractivity contribution in [2.24, 2.45) is 0 Å². The molecule has 0 radical (unpaired) electrons. The summed E-state index contributed by atoms with van der Waals surface area (Å²) in [5.74, 6) is 1.45. The predicted molar refractivity (Wildman–Crippen MR) is 57.1 cm³/mol. The fourth-order valence-electron chi connectivity index (χ4n) is 1.43. The van der Waals surface area contributed by atoms with E-state index in [-0.39, 0.29) is 0 Å². The second-order valence-corrected chi connectivity index (χ2v) is 3.53. The highest BCUT2D eigenvalue weighted by molar-refractivity contribution is 5.42. The number of hydrogen-bond donors (Lipinski definition) is 1. The number of nitrogens with one attached hydrogen (secondary N) is 1. The minimum absolute atomic E-state index is 0.540. The van der Waals surface area contributed by atoms with Crippen molar-refractivity contribution < 1.29 is 4.52 Å². The molecule has 0 unspecified atom stereocenters. The lowest BCUT2D eigenvalue weighted by molar-refractivity contribution is 0.391. The summed E-state index contributed by atoms with van der Waals surface area (Å²) in [6.45, 7) is 2.39. The molecule has 3 aromatic rings. The van der Waals surface area contributed by atoms with Crippen LogP contribution in [0.25, 0.3) is 5.65 Å². The minimum Gasteiger partial charge on any atom is -0.363 e. The van der Waals surface area contributed by atoms with E-state index in [0.717, 1.165) is 11.5 Å². The maximum atomic E-state index is 4.96. The van der Waals surface area contributed by atoms with Crippen molar-refractivity contribution >= 4 is 11.5 Å². The average molecular weight is 231 g/mol. The van der Waals surface area contributed by atoms with E-state index in [1.165, 1.54) is 4.63 Å². The molecule has 86 valence electrons. The molecule has 3 rings (SSSR count). The Morgan fingerprint density at radius 3 is 3.18 bits per heavy atom. The molecule has 0 aromatic carbocycles. The lowest BCUT2D eigenvalue weighted by atomic mass is 10.4. The van der Waals surface area contributed by atoms with Crippen LogP contribution in [-0.4, -0.2) is 30.4 Å². The molecule has 0 saturated heterocycles. The number of rotatable bonds is 3. The molecule has 8 nitrogen and oxygen atoms in total. The highest BCUT2D eigenvalue weighted by Gasteiger charge is 2.02. The number of hydrogen-bond acceptors (Lipinski definition) is 7. The van der Waals surface area contributed by atoms with Gasteiger partial charge in [0.05, 0.1) is 6.54 Å². The zero-order valence-electron chi connectivity index (χ0n) is 9.03. The largest absolute Gasteiger partial charge is 0.363 e. The maximum Gasteiger partial charge on any atom is 0.200 e. The summed E-state index contributed by atoms with van der Waals surface area (Å²) in [7, 11) is 0. The first-order chi connectivity index (χ1) is 8.31. The van der Waals surface area contributed by atoms with Crippen LogP contribution in [0.1, 0.15) is 11.5 Å². The number of aryl methyl sites for hydroxylation is 1. The molecule has 0 fully saturated rings. The third-order valence-corrected chi connectivity index (χ3v) is 2.20. The summed E-state index contributed by atoms with van der Waals surface area (Å²) < 4.78 is 6.32. The van der Waals surface area contributed by atoms with Gasteiger partial charge in [-0.2, -0.15) is 0 Å². The van der Waals surface area contributed by atoms with Crippen molar-refractivity contribution in [2.45, 2.75) is 13.5 Å². The summed E-state index contributed by atoms with van der Waals surface area (Å²) >= 11 is 0. The lowest BCUT2D eigenvalue weighted by Gasteiger charge is -2.01. The molecule has 8 heteroatoms. The van der Waals surface area contributed by atoms with Crippen LogP contribution in [0.5, 0.6) is 0 Å². The van der Waals surface area contributed by atoms with Gasteiger partial charge in [0.25, 0.3) is 0 Å². The fourth-order valence-corrected chi connectivity index (χ4v) is 1.43. The van der Waals surface area contributed by atoms with Crippen molar-refractivity contribution in [3.05, 3.63) is 29.7 Å². The Labute approximate surface area is 95.6 Å². The van der Waals surface area contributed by atoms with Gasteiger partial charge in [0.2, 0.25) is 0 Å². The SMILES string of the molecule is Cc1cc(CNc2ccc3nnnn3n2)no1. The summed E-state index contributed by atoms with van der Waals surface area (Å²) in [5.41, 5.74) is 1.42. The first kappa shape index (κ1) is 9.70. The molecular weight excluding hydrogens is 222 g/mol. The zero-order valence-corrected chi connectivity index (χ0v) is 9.03. The number of aromatic nitrogens is 6. The van der Waals surface area contributed by atoms with Crippen LogP contribution < -0.4 is 5.32 Å². The Morgan fingerprint density at radius 2 is 2.35 bits per heavy atom. The molecule has 0 saturated carbocycles. The third kappa shape index (κ3) is 1.92. The van der Waals surface area contributed by atoms with Gasteiger partial charge in [0, 0.05) is 6.07 Å². The molecule has 0 bridgehead atoms. The van der Waals surface area contributed by atoms with Crippen LogP contribution in [0.4, 0.5) is 5.82 Å². The first-order valence-electron chi connectivity index (χ1n) is 5.03. The molecule has 17 heavy (non-hydrogen) atoms. The van der Waals surface area contributed by atoms with Gasteiger partial charge in [-0.3, -0.25) is 0 Å². The van der Waals surface area contributed by atoms with Gasteiger partial charge in [-0.25, -0.2) is 0 Å². The number of anilines is 1. The molecule has 3 heterocycles. The van der Waals surface area contributed by atoms with Crippen molar-refractivity contribution in [1.29, 1.82) is 0 Å². The summed E-state index contributed by atoms with van der Waals surface area (Å²) in [5, 5.41) is 22.1. The standard InChI is InChI=1S/C9H9N7O/c1-6-4-7(13-17-6)5-10-8-2-3-9-11-14-15-16(9)12-8/h2-4H,5H2,1H3,(H,10,12). The average Bonchev–Trinajstić information content (AvgIpc) is 2.94. The van der Waals surface area contributed by atoms with Crippen molar-refractivity contribution in [2.75, 3.05) is 5.32 Å². The highest BCUT2D eigenvalue weighted by Crippen LogP contribution is 2.07. The molecule has 0 amide bonds. The van der Waals surface area contributed by atoms with E-state index in [0.29, 0.717) is 18.0 Å². The van der Waals surface area contributed by atoms with Gasteiger partial charge in [0.15, 0.2) is 5.65 Å². The second-order valence-electron chi connectivity index (χ2n) is 3.53. The molecule has 0 aliphatic rings. The molecular formula is C9H9N7O. The summed E-state index contributed by atoms with van der Waals surface area (Å²) in [6, 6.07) is 5.45. The third-order valence-electron chi connectivity index (χ3n) is 2.20. The Hall–Kier alpha value is -2.51. The number of fused-ring (bicyclic) bond motifs is 1. The van der Waals surface area contributed by atoms with Crippen LogP contribution in [0, 0.1) is 6.92 Å². The van der Waals surface area contributed by atoms with Crippen LogP contribution in [0.3, 0.4) is 0 Å². The van der Waals surface area contributed by atoms with Crippen molar-refractivity contribution in [1.82, 2.24) is 30.4 Å². The van der Waals surface area contributed by atoms with E-state index < -0.39 is 0 Å². The van der Waals surface area contributed by atoms with Gasteiger partial charge < -0.3 is 9.84 Å². The Balaban J connectivity index is 1.76. The topological polar surface area (TPSA) is 94.0 Å². The van der Waals surface area contributed by atoms with E-state index in [1.54, 1.807) is 12.1 Å². The summed E-state index contributed by atoms with van der Waals surface area (Å²) in [4.78, 5) is 0. The minimum atomic E-state index is 0.540. The van der Waals surface area contributed by atoms with E-state index in [9.17, 15) is 0 Å². The van der Waals surface area contributed by atoms with Crippen molar-refractivity contribution in [3.63, 3.8) is 0 Å². The van der Waals surface area contributed by atoms with Gasteiger partial charge in [-0.05, 0) is 29.5 Å². The van der Waals surface area contributed by atoms with Gasteiger partial charge in [0.1, 0.15) is 17.3 Å². The fraction of sp³-hybridized carbons (Fsp3) is 0.222. The smallest absolute Gasteiger partial charge is 0.200 e. The Kier molecular flexibility index (Phi) is 2.18. The molecule has 0 spiro atoms. The van der Waals surface area contributed by atoms with Crippen LogP contribution >= 0.6 is 0 Å². The Bertz CT molecular complexity index is 643. The first-order valence-corrected chi connectivity index (χ1v) is 5.03. The van der Waals surface area contributed by atoms with Crippen LogP contribution in [0.15, 0.2) is 22.7 Å². The van der Waals surface area contributed by atoms with Crippen LogP contribution in [-0.2, 0) is 6.54 Å². The van der Waals surface area contributed by atoms with Gasteiger partial charge in [-0.1, -0.05) is 5.16 Å². The summed E-state index contributed by atoms with van der Waals surface area (Å²) in [6.07, 6.45) is 0. The van der Waals surface area contributed by atoms with E-state index >= 15 is 0 Å². The van der Waals surface area contributed by atoms with Gasteiger partial charge in [-0.15, -0.1) is 14.8 Å². The Morgan fingerprint density at radius 1 is 1.41 bits per heavy atom. The number of nitrogens with zero attached hydrogens (tertiary/aromatic N) is 6. The van der Waals surface area contributed by atoms with E-state index in [2.05, 4.69) is 31.1 Å². The molecule has 0 aliphatic carbocycles. The quantitative estimate of drug-likeness (QED) is 0.698. The predicted octanol–water partition coefficient (Wildman–Crippen LogP) is 0.428. The molecule has 0 atom stereocenters. The number of tetrazole rings is 1. The zero-order chi connectivity index (χ0) is 11.7. The normalized spacial score (nSPS) is 10.9. The monoisotopic (exact) mass is 231 g/mol. The van der Waals surface area contributed by atoms with E-state index in [1.807, 2.05) is 13.0 Å². The lowest BCUT2D eigenvalue weighted by Crippen LogP contribution is -2.04. The second kappa shape index (κ2) is 3.81. The van der Waals surface area contributed by atoms with Gasteiger partial charge >= 0.3 is 0 Å². The van der Waals surface area contributed by atoms with Crippen LogP contribution in [0.2, 0.25) is 0 Å². The van der Waals surface area contributed by atoms with Crippen molar-refractivity contribution in [3.8, 4) is 0 Å². The molecule has 1 N–H and O–H groups in total. The highest BCUT2D eigenvalue weighted by atomic mass is 16.5. The molecule has 0 aliphatic heterocycles. The molecule has 3 aromatic heterocycles.